The Morgan fingerprint density at radius 1 is 1.38 bits per heavy atom. The zero-order valence-corrected chi connectivity index (χ0v) is 9.97. The highest BCUT2D eigenvalue weighted by Gasteiger charge is 2.36. The van der Waals surface area contributed by atoms with Gasteiger partial charge in [0, 0.05) is 25.3 Å². The Morgan fingerprint density at radius 3 is 3.06 bits per heavy atom. The van der Waals surface area contributed by atoms with Gasteiger partial charge >= 0.3 is 0 Å². The number of fused-ring (bicyclic) bond motifs is 1. The summed E-state index contributed by atoms with van der Waals surface area (Å²) in [6.07, 6.45) is 3.97. The van der Waals surface area contributed by atoms with Gasteiger partial charge in [0.25, 0.3) is 0 Å². The minimum absolute atomic E-state index is 0.606. The van der Waals surface area contributed by atoms with Gasteiger partial charge in [0.05, 0.1) is 0 Å². The molecule has 2 heteroatoms. The molecule has 3 rings (SSSR count). The van der Waals surface area contributed by atoms with Crippen LogP contribution in [-0.2, 0) is 13.0 Å². The van der Waals surface area contributed by atoms with Crippen molar-refractivity contribution in [3.05, 3.63) is 29.3 Å². The van der Waals surface area contributed by atoms with Crippen molar-refractivity contribution in [2.24, 2.45) is 5.41 Å². The summed E-state index contributed by atoms with van der Waals surface area (Å²) in [5.74, 6) is 0. The van der Waals surface area contributed by atoms with Crippen molar-refractivity contribution in [2.45, 2.75) is 32.7 Å². The molecule has 2 nitrogen and oxygen atoms in total. The largest absolute Gasteiger partial charge is 0.384 e. The van der Waals surface area contributed by atoms with Crippen LogP contribution in [0.1, 0.15) is 30.9 Å². The van der Waals surface area contributed by atoms with Gasteiger partial charge in [-0.25, -0.2) is 0 Å². The fourth-order valence-corrected chi connectivity index (χ4v) is 2.35. The number of hydrogen-bond donors (Lipinski definition) is 2. The SMILES string of the molecule is CC1(CNCc2ccc3c(c2)NCC3)CC1. The lowest BCUT2D eigenvalue weighted by Gasteiger charge is -2.10. The molecular weight excluding hydrogens is 196 g/mol. The molecule has 2 aliphatic rings. The van der Waals surface area contributed by atoms with Gasteiger partial charge < -0.3 is 10.6 Å². The highest BCUT2D eigenvalue weighted by molar-refractivity contribution is 5.56. The van der Waals surface area contributed by atoms with Crippen LogP contribution < -0.4 is 10.6 Å². The molecule has 0 saturated heterocycles. The molecule has 86 valence electrons. The molecule has 1 aromatic rings. The Morgan fingerprint density at radius 2 is 2.25 bits per heavy atom. The van der Waals surface area contributed by atoms with E-state index in [9.17, 15) is 0 Å². The van der Waals surface area contributed by atoms with E-state index in [1.54, 1.807) is 0 Å². The zero-order chi connectivity index (χ0) is 11.0. The molecule has 1 heterocycles. The van der Waals surface area contributed by atoms with Crippen molar-refractivity contribution in [2.75, 3.05) is 18.4 Å². The first kappa shape index (κ1) is 10.2. The van der Waals surface area contributed by atoms with Crippen LogP contribution >= 0.6 is 0 Å². The maximum absolute atomic E-state index is 3.57. The second-order valence-electron chi connectivity index (χ2n) is 5.58. The lowest BCUT2D eigenvalue weighted by molar-refractivity contribution is 0.499. The Bertz CT molecular complexity index is 394. The maximum Gasteiger partial charge on any atom is 0.0376 e. The molecule has 0 bridgehead atoms. The summed E-state index contributed by atoms with van der Waals surface area (Å²) >= 11 is 0. The molecule has 1 aliphatic heterocycles. The fraction of sp³-hybridized carbons (Fsp3) is 0.571. The smallest absolute Gasteiger partial charge is 0.0376 e. The molecule has 16 heavy (non-hydrogen) atoms. The van der Waals surface area contributed by atoms with Gasteiger partial charge in [0.1, 0.15) is 0 Å². The van der Waals surface area contributed by atoms with Crippen LogP contribution in [0.5, 0.6) is 0 Å². The Labute approximate surface area is 97.4 Å². The van der Waals surface area contributed by atoms with E-state index in [1.807, 2.05) is 0 Å². The van der Waals surface area contributed by atoms with Crippen LogP contribution in [-0.4, -0.2) is 13.1 Å². The normalized spacial score (nSPS) is 20.3. The maximum atomic E-state index is 3.57. The van der Waals surface area contributed by atoms with E-state index in [0.717, 1.165) is 19.6 Å². The van der Waals surface area contributed by atoms with E-state index in [1.165, 1.54) is 36.1 Å². The van der Waals surface area contributed by atoms with E-state index >= 15 is 0 Å². The Kier molecular flexibility index (Phi) is 2.40. The van der Waals surface area contributed by atoms with Gasteiger partial charge in [-0.2, -0.15) is 0 Å². The molecule has 1 aromatic carbocycles. The van der Waals surface area contributed by atoms with Crippen molar-refractivity contribution >= 4 is 5.69 Å². The second kappa shape index (κ2) is 3.77. The highest BCUT2D eigenvalue weighted by Crippen LogP contribution is 2.44. The summed E-state index contributed by atoms with van der Waals surface area (Å²) in [5, 5.41) is 7.00. The monoisotopic (exact) mass is 216 g/mol. The van der Waals surface area contributed by atoms with Gasteiger partial charge in [0.15, 0.2) is 0 Å². The average Bonchev–Trinajstić information content (AvgIpc) is 2.84. The lowest BCUT2D eigenvalue weighted by Crippen LogP contribution is -2.21. The van der Waals surface area contributed by atoms with E-state index in [4.69, 9.17) is 0 Å². The molecular formula is C14H20N2. The van der Waals surface area contributed by atoms with Gasteiger partial charge in [-0.05, 0) is 41.9 Å². The first-order valence-corrected chi connectivity index (χ1v) is 6.32. The third kappa shape index (κ3) is 2.07. The molecule has 0 aromatic heterocycles. The molecule has 0 spiro atoms. The lowest BCUT2D eigenvalue weighted by atomic mass is 10.1. The van der Waals surface area contributed by atoms with Crippen LogP contribution in [0.25, 0.3) is 0 Å². The van der Waals surface area contributed by atoms with E-state index < -0.39 is 0 Å². The minimum Gasteiger partial charge on any atom is -0.384 e. The predicted molar refractivity (Wildman–Crippen MR) is 67.7 cm³/mol. The third-order valence-electron chi connectivity index (χ3n) is 3.87. The molecule has 2 N–H and O–H groups in total. The van der Waals surface area contributed by atoms with Crippen molar-refractivity contribution in [1.29, 1.82) is 0 Å². The Hall–Kier alpha value is -1.02. The van der Waals surface area contributed by atoms with Crippen LogP contribution in [0.2, 0.25) is 0 Å². The third-order valence-corrected chi connectivity index (χ3v) is 3.87. The summed E-state index contributed by atoms with van der Waals surface area (Å²) in [5.41, 5.74) is 4.82. The van der Waals surface area contributed by atoms with Gasteiger partial charge in [0.2, 0.25) is 0 Å². The summed E-state index contributed by atoms with van der Waals surface area (Å²) in [6, 6.07) is 6.82. The van der Waals surface area contributed by atoms with Crippen LogP contribution in [0.3, 0.4) is 0 Å². The first-order valence-electron chi connectivity index (χ1n) is 6.32. The van der Waals surface area contributed by atoms with Gasteiger partial charge in [-0.3, -0.25) is 0 Å². The minimum atomic E-state index is 0.606. The predicted octanol–water partition coefficient (Wildman–Crippen LogP) is 2.54. The van der Waals surface area contributed by atoms with E-state index in [-0.39, 0.29) is 0 Å². The molecule has 0 unspecified atom stereocenters. The average molecular weight is 216 g/mol. The number of nitrogens with one attached hydrogen (secondary N) is 2. The number of benzene rings is 1. The topological polar surface area (TPSA) is 24.1 Å². The van der Waals surface area contributed by atoms with E-state index in [0.29, 0.717) is 5.41 Å². The van der Waals surface area contributed by atoms with Gasteiger partial charge in [-0.15, -0.1) is 0 Å². The molecule has 1 saturated carbocycles. The number of anilines is 1. The quantitative estimate of drug-likeness (QED) is 0.808. The summed E-state index contributed by atoms with van der Waals surface area (Å²) in [4.78, 5) is 0. The van der Waals surface area contributed by atoms with Crippen molar-refractivity contribution < 1.29 is 0 Å². The highest BCUT2D eigenvalue weighted by atomic mass is 14.9. The summed E-state index contributed by atoms with van der Waals surface area (Å²) in [6.45, 7) is 5.64. The summed E-state index contributed by atoms with van der Waals surface area (Å²) < 4.78 is 0. The fourth-order valence-electron chi connectivity index (χ4n) is 2.35. The summed E-state index contributed by atoms with van der Waals surface area (Å²) in [7, 11) is 0. The van der Waals surface area contributed by atoms with Crippen molar-refractivity contribution in [1.82, 2.24) is 5.32 Å². The van der Waals surface area contributed by atoms with Crippen LogP contribution in [0.15, 0.2) is 18.2 Å². The molecule has 0 radical (unpaired) electrons. The Balaban J connectivity index is 1.58. The number of rotatable bonds is 4. The van der Waals surface area contributed by atoms with Gasteiger partial charge in [-0.1, -0.05) is 19.1 Å². The second-order valence-corrected chi connectivity index (χ2v) is 5.58. The van der Waals surface area contributed by atoms with Crippen LogP contribution in [0, 0.1) is 5.41 Å². The molecule has 0 atom stereocenters. The van der Waals surface area contributed by atoms with Crippen molar-refractivity contribution in [3.8, 4) is 0 Å². The molecule has 1 fully saturated rings. The molecule has 1 aliphatic carbocycles. The van der Waals surface area contributed by atoms with E-state index in [2.05, 4.69) is 35.8 Å². The zero-order valence-electron chi connectivity index (χ0n) is 9.97. The molecule has 0 amide bonds. The first-order chi connectivity index (χ1) is 7.75. The standard InChI is InChI=1S/C14H20N2/c1-14(5-6-14)10-15-9-11-2-3-12-4-7-16-13(12)8-11/h2-3,8,15-16H,4-7,9-10H2,1H3. The van der Waals surface area contributed by atoms with Crippen LogP contribution in [0.4, 0.5) is 5.69 Å². The van der Waals surface area contributed by atoms with Crippen molar-refractivity contribution in [3.63, 3.8) is 0 Å². The number of hydrogen-bond acceptors (Lipinski definition) is 2.